The number of para-hydroxylation sites is 1. The smallest absolute Gasteiger partial charge is 0.267 e. The number of hydrogen-bond donors (Lipinski definition) is 1. The Hall–Kier alpha value is -4.03. The molecule has 0 aliphatic rings. The fourth-order valence-corrected chi connectivity index (χ4v) is 5.17. The standard InChI is InChI=1S/C26H25N7OS/c1-5-6-10-18-22-23(27)28-14-29-24(22)32(31-18)12-20-30-25-21(16(4)13-35-25)26(34)33(20)19-11-8-7-9-17(19)15(2)3/h7-9,11,13-15H,5,12H2,1-4H3,(H2,27,28,29). The second-order valence-electron chi connectivity index (χ2n) is 8.60. The van der Waals surface area contributed by atoms with Crippen molar-refractivity contribution in [2.45, 2.75) is 46.6 Å². The molecule has 0 saturated heterocycles. The van der Waals surface area contributed by atoms with Crippen LogP contribution in [0.3, 0.4) is 0 Å². The normalized spacial score (nSPS) is 11.3. The first-order chi connectivity index (χ1) is 16.9. The van der Waals surface area contributed by atoms with E-state index in [0.717, 1.165) is 16.8 Å². The molecule has 0 amide bonds. The molecule has 35 heavy (non-hydrogen) atoms. The second kappa shape index (κ2) is 8.96. The molecular formula is C26H25N7OS. The molecule has 0 spiro atoms. The van der Waals surface area contributed by atoms with Crippen LogP contribution in [0.2, 0.25) is 0 Å². The van der Waals surface area contributed by atoms with Crippen molar-refractivity contribution in [1.29, 1.82) is 0 Å². The van der Waals surface area contributed by atoms with E-state index in [-0.39, 0.29) is 18.0 Å². The van der Waals surface area contributed by atoms with E-state index in [1.807, 2.05) is 37.4 Å². The molecule has 0 unspecified atom stereocenters. The van der Waals surface area contributed by atoms with Crippen LogP contribution in [0.25, 0.3) is 26.9 Å². The van der Waals surface area contributed by atoms with Crippen LogP contribution in [-0.4, -0.2) is 29.3 Å². The lowest BCUT2D eigenvalue weighted by Gasteiger charge is -2.18. The summed E-state index contributed by atoms with van der Waals surface area (Å²) in [7, 11) is 0. The van der Waals surface area contributed by atoms with E-state index in [1.165, 1.54) is 17.7 Å². The van der Waals surface area contributed by atoms with E-state index < -0.39 is 0 Å². The third-order valence-corrected chi connectivity index (χ3v) is 6.88. The van der Waals surface area contributed by atoms with Gasteiger partial charge in [0.15, 0.2) is 5.65 Å². The maximum absolute atomic E-state index is 13.9. The van der Waals surface area contributed by atoms with E-state index in [4.69, 9.17) is 15.8 Å². The average Bonchev–Trinajstić information content (AvgIpc) is 3.39. The van der Waals surface area contributed by atoms with Crippen molar-refractivity contribution in [1.82, 2.24) is 29.3 Å². The van der Waals surface area contributed by atoms with Crippen molar-refractivity contribution in [3.63, 3.8) is 0 Å². The van der Waals surface area contributed by atoms with Crippen LogP contribution in [-0.2, 0) is 6.54 Å². The van der Waals surface area contributed by atoms with E-state index in [2.05, 4.69) is 41.7 Å². The van der Waals surface area contributed by atoms with Crippen molar-refractivity contribution in [2.75, 3.05) is 5.73 Å². The number of anilines is 1. The highest BCUT2D eigenvalue weighted by Crippen LogP contribution is 2.27. The molecule has 4 aromatic heterocycles. The zero-order valence-electron chi connectivity index (χ0n) is 20.0. The summed E-state index contributed by atoms with van der Waals surface area (Å²) >= 11 is 1.47. The van der Waals surface area contributed by atoms with Gasteiger partial charge < -0.3 is 5.73 Å². The minimum absolute atomic E-state index is 0.0894. The highest BCUT2D eigenvalue weighted by Gasteiger charge is 2.21. The van der Waals surface area contributed by atoms with Gasteiger partial charge in [-0.3, -0.25) is 9.36 Å². The van der Waals surface area contributed by atoms with Gasteiger partial charge in [0.2, 0.25) is 0 Å². The number of hydrogen-bond acceptors (Lipinski definition) is 7. The predicted molar refractivity (Wildman–Crippen MR) is 140 cm³/mol. The van der Waals surface area contributed by atoms with Gasteiger partial charge >= 0.3 is 0 Å². The number of thiophene rings is 1. The summed E-state index contributed by atoms with van der Waals surface area (Å²) in [6.07, 6.45) is 2.09. The summed E-state index contributed by atoms with van der Waals surface area (Å²) < 4.78 is 3.42. The molecule has 0 saturated carbocycles. The number of fused-ring (bicyclic) bond motifs is 2. The molecule has 0 aliphatic carbocycles. The third-order valence-electron chi connectivity index (χ3n) is 5.89. The summed E-state index contributed by atoms with van der Waals surface area (Å²) in [5.41, 5.74) is 9.96. The summed E-state index contributed by atoms with van der Waals surface area (Å²) in [5, 5.41) is 7.92. The maximum Gasteiger partial charge on any atom is 0.267 e. The first-order valence-corrected chi connectivity index (χ1v) is 12.3. The Morgan fingerprint density at radius 3 is 2.74 bits per heavy atom. The van der Waals surface area contributed by atoms with Gasteiger partial charge in [-0.2, -0.15) is 5.10 Å². The van der Waals surface area contributed by atoms with Gasteiger partial charge in [-0.25, -0.2) is 19.6 Å². The SMILES string of the molecule is CCC#Cc1nn(Cc2nc3scc(C)c3c(=O)n2-c2ccccc2C(C)C)c2ncnc(N)c12. The minimum Gasteiger partial charge on any atom is -0.383 e. The number of nitrogens with zero attached hydrogens (tertiary/aromatic N) is 6. The second-order valence-corrected chi connectivity index (χ2v) is 9.46. The summed E-state index contributed by atoms with van der Waals surface area (Å²) in [4.78, 5) is 28.1. The van der Waals surface area contributed by atoms with Crippen LogP contribution in [0.5, 0.6) is 0 Å². The maximum atomic E-state index is 13.9. The van der Waals surface area contributed by atoms with Crippen molar-refractivity contribution in [2.24, 2.45) is 0 Å². The molecule has 2 N–H and O–H groups in total. The van der Waals surface area contributed by atoms with Crippen molar-refractivity contribution >= 4 is 38.4 Å². The zero-order valence-corrected chi connectivity index (χ0v) is 20.8. The van der Waals surface area contributed by atoms with Crippen molar-refractivity contribution < 1.29 is 0 Å². The van der Waals surface area contributed by atoms with Crippen LogP contribution >= 0.6 is 11.3 Å². The molecular weight excluding hydrogens is 458 g/mol. The lowest BCUT2D eigenvalue weighted by atomic mass is 10.0. The molecule has 0 radical (unpaired) electrons. The van der Waals surface area contributed by atoms with Crippen LogP contribution in [0.1, 0.15) is 55.8 Å². The molecule has 0 atom stereocenters. The van der Waals surface area contributed by atoms with Crippen molar-refractivity contribution in [3.05, 3.63) is 69.0 Å². The molecule has 4 heterocycles. The summed E-state index contributed by atoms with van der Waals surface area (Å²) in [6.45, 7) is 8.36. The quantitative estimate of drug-likeness (QED) is 0.380. The van der Waals surface area contributed by atoms with E-state index in [1.54, 1.807) is 9.25 Å². The van der Waals surface area contributed by atoms with Crippen LogP contribution in [0, 0.1) is 18.8 Å². The molecule has 176 valence electrons. The summed E-state index contributed by atoms with van der Waals surface area (Å²) in [5.74, 6) is 7.22. The Balaban J connectivity index is 1.79. The van der Waals surface area contributed by atoms with Crippen LogP contribution in [0.4, 0.5) is 5.82 Å². The highest BCUT2D eigenvalue weighted by atomic mass is 32.1. The lowest BCUT2D eigenvalue weighted by Crippen LogP contribution is -2.26. The Morgan fingerprint density at radius 1 is 1.17 bits per heavy atom. The van der Waals surface area contributed by atoms with Crippen LogP contribution < -0.4 is 11.3 Å². The van der Waals surface area contributed by atoms with Gasteiger partial charge in [0.1, 0.15) is 35.0 Å². The predicted octanol–water partition coefficient (Wildman–Crippen LogP) is 4.41. The highest BCUT2D eigenvalue weighted by molar-refractivity contribution is 7.16. The Labute approximate surface area is 206 Å². The molecule has 5 rings (SSSR count). The fourth-order valence-electron chi connectivity index (χ4n) is 4.24. The summed E-state index contributed by atoms with van der Waals surface area (Å²) in [6, 6.07) is 7.95. The monoisotopic (exact) mass is 483 g/mol. The first kappa shape index (κ1) is 22.7. The zero-order chi connectivity index (χ0) is 24.7. The third kappa shape index (κ3) is 3.86. The van der Waals surface area contributed by atoms with Gasteiger partial charge in [0.05, 0.1) is 16.5 Å². The van der Waals surface area contributed by atoms with Gasteiger partial charge in [0.25, 0.3) is 5.56 Å². The number of rotatable bonds is 4. The molecule has 0 bridgehead atoms. The molecule has 1 aromatic carbocycles. The van der Waals surface area contributed by atoms with Gasteiger partial charge in [-0.1, -0.05) is 44.9 Å². The molecule has 8 nitrogen and oxygen atoms in total. The topological polar surface area (TPSA) is 105 Å². The van der Waals surface area contributed by atoms with E-state index in [9.17, 15) is 4.79 Å². The number of benzene rings is 1. The molecule has 0 aliphatic heterocycles. The number of aromatic nitrogens is 6. The minimum atomic E-state index is -0.0894. The number of nitrogens with two attached hydrogens (primary N) is 1. The Bertz CT molecular complexity index is 1700. The van der Waals surface area contributed by atoms with Gasteiger partial charge in [0, 0.05) is 6.42 Å². The van der Waals surface area contributed by atoms with Crippen molar-refractivity contribution in [3.8, 4) is 17.5 Å². The van der Waals surface area contributed by atoms with Gasteiger partial charge in [-0.15, -0.1) is 11.3 Å². The Kier molecular flexibility index (Phi) is 5.83. The number of aryl methyl sites for hydroxylation is 1. The molecule has 5 aromatic rings. The average molecular weight is 484 g/mol. The first-order valence-electron chi connectivity index (χ1n) is 11.5. The lowest BCUT2D eigenvalue weighted by molar-refractivity contribution is 0.645. The largest absolute Gasteiger partial charge is 0.383 e. The number of nitrogen functional groups attached to an aromatic ring is 1. The van der Waals surface area contributed by atoms with E-state index >= 15 is 0 Å². The van der Waals surface area contributed by atoms with Gasteiger partial charge in [-0.05, 0) is 41.3 Å². The molecule has 0 fully saturated rings. The Morgan fingerprint density at radius 2 is 1.97 bits per heavy atom. The van der Waals surface area contributed by atoms with Crippen LogP contribution in [0.15, 0.2) is 40.8 Å². The fraction of sp³-hybridized carbons (Fsp3) is 0.269. The van der Waals surface area contributed by atoms with E-state index in [0.29, 0.717) is 45.0 Å². The molecule has 9 heteroatoms.